The van der Waals surface area contributed by atoms with Gasteiger partial charge in [0.2, 0.25) is 11.7 Å². The number of Topliss-reactive ketones (excluding diaryl/α,β-unsaturated/α-hetero) is 1. The summed E-state index contributed by atoms with van der Waals surface area (Å²) in [5.41, 5.74) is 0.835. The van der Waals surface area contributed by atoms with E-state index in [-0.39, 0.29) is 54.4 Å². The first-order valence-corrected chi connectivity index (χ1v) is 13.6. The lowest BCUT2D eigenvalue weighted by atomic mass is 9.97. The van der Waals surface area contributed by atoms with E-state index < -0.39 is 11.9 Å². The smallest absolute Gasteiger partial charge is 0.374 e. The van der Waals surface area contributed by atoms with Gasteiger partial charge in [0, 0.05) is 56.0 Å². The minimum absolute atomic E-state index is 0.0351. The minimum Gasteiger partial charge on any atom is -0.497 e. The SMILES string of the molecule is CCOC(=O)c1nc(NC(=O)c2csc(C3CCN(C(=O)CCC(=O)c4ccc(OC)cc4)CC3)n2)cn1C. The van der Waals surface area contributed by atoms with Crippen molar-refractivity contribution in [2.24, 2.45) is 7.05 Å². The number of carbonyl (C=O) groups is 4. The van der Waals surface area contributed by atoms with Gasteiger partial charge in [0.25, 0.3) is 5.91 Å². The third-order valence-corrected chi connectivity index (χ3v) is 7.51. The Bertz CT molecular complexity index is 1340. The first kappa shape index (κ1) is 28.0. The lowest BCUT2D eigenvalue weighted by Crippen LogP contribution is -2.38. The number of hydrogen-bond acceptors (Lipinski definition) is 9. The Balaban J connectivity index is 1.25. The fourth-order valence-corrected chi connectivity index (χ4v) is 5.32. The van der Waals surface area contributed by atoms with Gasteiger partial charge in [-0.05, 0) is 44.0 Å². The number of esters is 1. The molecule has 1 aliphatic heterocycles. The third kappa shape index (κ3) is 6.88. The molecular formula is C27H31N5O6S. The number of ketones is 1. The number of imidazole rings is 1. The van der Waals surface area contributed by atoms with Crippen LogP contribution < -0.4 is 10.1 Å². The van der Waals surface area contributed by atoms with E-state index in [1.807, 2.05) is 0 Å². The molecule has 2 aromatic heterocycles. The van der Waals surface area contributed by atoms with Gasteiger partial charge in [-0.3, -0.25) is 14.4 Å². The molecular weight excluding hydrogens is 522 g/mol. The van der Waals surface area contributed by atoms with Gasteiger partial charge in [0.15, 0.2) is 11.6 Å². The van der Waals surface area contributed by atoms with Crippen molar-refractivity contribution >= 4 is 40.7 Å². The molecule has 1 saturated heterocycles. The summed E-state index contributed by atoms with van der Waals surface area (Å²) >= 11 is 1.41. The molecule has 0 atom stereocenters. The minimum atomic E-state index is -0.565. The molecule has 1 aliphatic rings. The summed E-state index contributed by atoms with van der Waals surface area (Å²) in [5.74, 6) is 0.0626. The summed E-state index contributed by atoms with van der Waals surface area (Å²) in [6.45, 7) is 3.09. The predicted octanol–water partition coefficient (Wildman–Crippen LogP) is 3.68. The fraction of sp³-hybridized carbons (Fsp3) is 0.407. The van der Waals surface area contributed by atoms with Crippen LogP contribution in [-0.2, 0) is 16.6 Å². The average molecular weight is 554 g/mol. The number of anilines is 1. The Hall–Kier alpha value is -4.06. The van der Waals surface area contributed by atoms with E-state index in [2.05, 4.69) is 15.3 Å². The Morgan fingerprint density at radius 1 is 1.08 bits per heavy atom. The maximum Gasteiger partial charge on any atom is 0.374 e. The summed E-state index contributed by atoms with van der Waals surface area (Å²) in [6.07, 6.45) is 3.33. The van der Waals surface area contributed by atoms with Crippen LogP contribution in [0.5, 0.6) is 5.75 Å². The Morgan fingerprint density at radius 3 is 2.46 bits per heavy atom. The van der Waals surface area contributed by atoms with Crippen LogP contribution in [0.3, 0.4) is 0 Å². The van der Waals surface area contributed by atoms with Crippen LogP contribution >= 0.6 is 11.3 Å². The molecule has 3 heterocycles. The molecule has 4 rings (SSSR count). The monoisotopic (exact) mass is 553 g/mol. The van der Waals surface area contributed by atoms with Crippen LogP contribution in [0.15, 0.2) is 35.8 Å². The first-order chi connectivity index (χ1) is 18.8. The largest absolute Gasteiger partial charge is 0.497 e. The van der Waals surface area contributed by atoms with Gasteiger partial charge in [0.05, 0.1) is 18.7 Å². The number of methoxy groups -OCH3 is 1. The number of benzene rings is 1. The van der Waals surface area contributed by atoms with Gasteiger partial charge in [-0.25, -0.2) is 14.8 Å². The number of nitrogens with one attached hydrogen (secondary N) is 1. The molecule has 0 aliphatic carbocycles. The maximum absolute atomic E-state index is 12.7. The molecule has 1 N–H and O–H groups in total. The van der Waals surface area contributed by atoms with Crippen LogP contribution in [0.25, 0.3) is 0 Å². The van der Waals surface area contributed by atoms with E-state index in [0.29, 0.717) is 24.4 Å². The lowest BCUT2D eigenvalue weighted by Gasteiger charge is -2.31. The number of amides is 2. The van der Waals surface area contributed by atoms with E-state index in [1.165, 1.54) is 22.1 Å². The van der Waals surface area contributed by atoms with Crippen LogP contribution in [0.4, 0.5) is 5.82 Å². The highest BCUT2D eigenvalue weighted by atomic mass is 32.1. The molecule has 3 aromatic rings. The molecule has 206 valence electrons. The van der Waals surface area contributed by atoms with Gasteiger partial charge in [-0.2, -0.15) is 0 Å². The third-order valence-electron chi connectivity index (χ3n) is 6.51. The number of aromatic nitrogens is 3. The number of nitrogens with zero attached hydrogens (tertiary/aromatic N) is 4. The lowest BCUT2D eigenvalue weighted by molar-refractivity contribution is -0.132. The van der Waals surface area contributed by atoms with Gasteiger partial charge in [-0.15, -0.1) is 11.3 Å². The van der Waals surface area contributed by atoms with Crippen molar-refractivity contribution in [1.29, 1.82) is 0 Å². The zero-order chi connectivity index (χ0) is 27.9. The van der Waals surface area contributed by atoms with E-state index in [1.54, 1.807) is 55.6 Å². The van der Waals surface area contributed by atoms with Crippen molar-refractivity contribution in [3.8, 4) is 5.75 Å². The predicted molar refractivity (Wildman–Crippen MR) is 144 cm³/mol. The fourth-order valence-electron chi connectivity index (χ4n) is 4.35. The van der Waals surface area contributed by atoms with Gasteiger partial charge in [-0.1, -0.05) is 0 Å². The highest BCUT2D eigenvalue weighted by molar-refractivity contribution is 7.10. The number of hydrogen-bond donors (Lipinski definition) is 1. The van der Waals surface area contributed by atoms with E-state index in [4.69, 9.17) is 9.47 Å². The van der Waals surface area contributed by atoms with Gasteiger partial charge >= 0.3 is 5.97 Å². The Morgan fingerprint density at radius 2 is 1.79 bits per heavy atom. The highest BCUT2D eigenvalue weighted by Crippen LogP contribution is 2.31. The summed E-state index contributed by atoms with van der Waals surface area (Å²) in [4.78, 5) is 60.2. The molecule has 11 nitrogen and oxygen atoms in total. The first-order valence-electron chi connectivity index (χ1n) is 12.7. The molecule has 39 heavy (non-hydrogen) atoms. The molecule has 2 amide bonds. The standard InChI is InChI=1S/C27H31N5O6S/c1-4-38-27(36)24-29-22(15-31(24)2)30-25(35)20-16-39-26(28-20)18-11-13-32(14-12-18)23(34)10-9-21(33)17-5-7-19(37-3)8-6-17/h5-8,15-16,18H,4,9-14H2,1-3H3,(H,30,35). The van der Waals surface area contributed by atoms with E-state index in [9.17, 15) is 19.2 Å². The number of piperidine rings is 1. The van der Waals surface area contributed by atoms with Crippen molar-refractivity contribution in [3.05, 3.63) is 57.9 Å². The molecule has 0 bridgehead atoms. The van der Waals surface area contributed by atoms with E-state index >= 15 is 0 Å². The second-order valence-electron chi connectivity index (χ2n) is 9.11. The van der Waals surface area contributed by atoms with Crippen LogP contribution in [-0.4, -0.2) is 69.8 Å². The molecule has 1 aromatic carbocycles. The van der Waals surface area contributed by atoms with E-state index in [0.717, 1.165) is 17.8 Å². The van der Waals surface area contributed by atoms with Crippen molar-refractivity contribution in [3.63, 3.8) is 0 Å². The Kier molecular flexibility index (Phi) is 9.07. The number of aryl methyl sites for hydroxylation is 1. The summed E-state index contributed by atoms with van der Waals surface area (Å²) < 4.78 is 11.6. The number of likely N-dealkylation sites (tertiary alicyclic amines) is 1. The van der Waals surface area contributed by atoms with Gasteiger partial charge in [0.1, 0.15) is 11.4 Å². The second-order valence-corrected chi connectivity index (χ2v) is 10.0. The maximum atomic E-state index is 12.7. The normalized spacial score (nSPS) is 13.7. The topological polar surface area (TPSA) is 133 Å². The van der Waals surface area contributed by atoms with Crippen molar-refractivity contribution in [2.45, 2.75) is 38.5 Å². The molecule has 12 heteroatoms. The quantitative estimate of drug-likeness (QED) is 0.297. The van der Waals surface area contributed by atoms with Gasteiger partial charge < -0.3 is 24.3 Å². The van der Waals surface area contributed by atoms with Crippen molar-refractivity contribution < 1.29 is 28.7 Å². The summed E-state index contributed by atoms with van der Waals surface area (Å²) in [6, 6.07) is 6.87. The van der Waals surface area contributed by atoms with Crippen molar-refractivity contribution in [1.82, 2.24) is 19.4 Å². The number of rotatable bonds is 10. The molecule has 1 fully saturated rings. The highest BCUT2D eigenvalue weighted by Gasteiger charge is 2.27. The van der Waals surface area contributed by atoms with Crippen LogP contribution in [0, 0.1) is 0 Å². The zero-order valence-electron chi connectivity index (χ0n) is 22.1. The average Bonchev–Trinajstić information content (AvgIpc) is 3.59. The van der Waals surface area contributed by atoms with Crippen molar-refractivity contribution in [2.75, 3.05) is 32.1 Å². The number of ether oxygens (including phenoxy) is 2. The summed E-state index contributed by atoms with van der Waals surface area (Å²) in [7, 11) is 3.21. The zero-order valence-corrected chi connectivity index (χ0v) is 23.0. The molecule has 0 saturated carbocycles. The Labute approximate surface area is 230 Å². The second kappa shape index (κ2) is 12.7. The van der Waals surface area contributed by atoms with Crippen LogP contribution in [0.1, 0.15) is 75.0 Å². The summed E-state index contributed by atoms with van der Waals surface area (Å²) in [5, 5.41) is 5.21. The molecule has 0 spiro atoms. The number of thiazole rings is 1. The molecule has 0 unspecified atom stereocenters. The van der Waals surface area contributed by atoms with Crippen LogP contribution in [0.2, 0.25) is 0 Å². The molecule has 0 radical (unpaired) electrons. The number of carbonyl (C=O) groups excluding carboxylic acids is 4.